The SMILES string of the molecule is CC(C)c1[nH]n(-c2ccccc2)c(=O)c1C=Nc1cc(C#N)ccc1O. The average Bonchev–Trinajstić information content (AvgIpc) is 2.98. The molecule has 6 heteroatoms. The lowest BCUT2D eigenvalue weighted by molar-refractivity contribution is 0.477. The van der Waals surface area contributed by atoms with Gasteiger partial charge in [0.1, 0.15) is 11.4 Å². The van der Waals surface area contributed by atoms with Crippen LogP contribution in [0.4, 0.5) is 5.69 Å². The Balaban J connectivity index is 2.09. The number of aromatic hydroxyl groups is 1. The zero-order chi connectivity index (χ0) is 18.7. The lowest BCUT2D eigenvalue weighted by atomic mass is 10.1. The lowest BCUT2D eigenvalue weighted by Crippen LogP contribution is -2.17. The van der Waals surface area contributed by atoms with Gasteiger partial charge in [0.2, 0.25) is 0 Å². The predicted molar refractivity (Wildman–Crippen MR) is 101 cm³/mol. The number of para-hydroxylation sites is 1. The van der Waals surface area contributed by atoms with E-state index in [1.165, 1.54) is 29.1 Å². The second kappa shape index (κ2) is 7.11. The molecule has 0 saturated heterocycles. The minimum atomic E-state index is -0.223. The zero-order valence-electron chi connectivity index (χ0n) is 14.5. The van der Waals surface area contributed by atoms with Gasteiger partial charge in [-0.05, 0) is 36.2 Å². The highest BCUT2D eigenvalue weighted by molar-refractivity contribution is 5.84. The van der Waals surface area contributed by atoms with Crippen molar-refractivity contribution < 1.29 is 5.11 Å². The van der Waals surface area contributed by atoms with Crippen LogP contribution in [-0.2, 0) is 0 Å². The molecule has 0 amide bonds. The first-order valence-electron chi connectivity index (χ1n) is 8.18. The zero-order valence-corrected chi connectivity index (χ0v) is 14.5. The molecule has 0 aliphatic rings. The predicted octanol–water partition coefficient (Wildman–Crippen LogP) is 3.62. The van der Waals surface area contributed by atoms with Gasteiger partial charge in [-0.1, -0.05) is 32.0 Å². The molecule has 3 rings (SSSR count). The first kappa shape index (κ1) is 17.2. The number of rotatable bonds is 4. The summed E-state index contributed by atoms with van der Waals surface area (Å²) in [7, 11) is 0. The molecule has 0 aliphatic heterocycles. The topological polar surface area (TPSA) is 94.2 Å². The van der Waals surface area contributed by atoms with Gasteiger partial charge < -0.3 is 5.11 Å². The summed E-state index contributed by atoms with van der Waals surface area (Å²) in [5.74, 6) is 0.0263. The molecule has 0 bridgehead atoms. The van der Waals surface area contributed by atoms with E-state index in [0.29, 0.717) is 11.1 Å². The molecule has 3 aromatic rings. The molecular formula is C20H18N4O2. The van der Waals surface area contributed by atoms with Crippen LogP contribution in [0.3, 0.4) is 0 Å². The molecule has 130 valence electrons. The summed E-state index contributed by atoms with van der Waals surface area (Å²) in [6.07, 6.45) is 1.43. The first-order chi connectivity index (χ1) is 12.5. The molecule has 0 unspecified atom stereocenters. The Kier molecular flexibility index (Phi) is 4.72. The Labute approximate surface area is 150 Å². The number of phenolic OH excluding ortho intramolecular Hbond substituents is 1. The summed E-state index contributed by atoms with van der Waals surface area (Å²) < 4.78 is 1.47. The van der Waals surface area contributed by atoms with Crippen molar-refractivity contribution in [2.24, 2.45) is 4.99 Å². The quantitative estimate of drug-likeness (QED) is 0.707. The van der Waals surface area contributed by atoms with Crippen LogP contribution in [0.25, 0.3) is 5.69 Å². The van der Waals surface area contributed by atoms with E-state index in [1.54, 1.807) is 0 Å². The van der Waals surface area contributed by atoms with E-state index in [1.807, 2.05) is 50.2 Å². The Morgan fingerprint density at radius 2 is 1.96 bits per heavy atom. The van der Waals surface area contributed by atoms with Gasteiger partial charge in [0.25, 0.3) is 5.56 Å². The number of H-pyrrole nitrogens is 1. The number of aromatic amines is 1. The van der Waals surface area contributed by atoms with E-state index in [2.05, 4.69) is 10.1 Å². The average molecular weight is 346 g/mol. The van der Waals surface area contributed by atoms with Gasteiger partial charge in [0.15, 0.2) is 0 Å². The summed E-state index contributed by atoms with van der Waals surface area (Å²) in [6, 6.07) is 15.7. The number of aliphatic imine (C=N–C) groups is 1. The number of nitrogens with one attached hydrogen (secondary N) is 1. The van der Waals surface area contributed by atoms with E-state index in [0.717, 1.165) is 11.4 Å². The van der Waals surface area contributed by atoms with Crippen molar-refractivity contribution in [3.05, 3.63) is 75.7 Å². The second-order valence-corrected chi connectivity index (χ2v) is 6.14. The summed E-state index contributed by atoms with van der Waals surface area (Å²) >= 11 is 0. The number of phenols is 1. The molecule has 0 saturated carbocycles. The molecule has 6 nitrogen and oxygen atoms in total. The van der Waals surface area contributed by atoms with Crippen molar-refractivity contribution >= 4 is 11.9 Å². The monoisotopic (exact) mass is 346 g/mol. The summed E-state index contributed by atoms with van der Waals surface area (Å²) in [4.78, 5) is 17.1. The fraction of sp³-hybridized carbons (Fsp3) is 0.150. The highest BCUT2D eigenvalue weighted by Gasteiger charge is 2.16. The molecule has 26 heavy (non-hydrogen) atoms. The highest BCUT2D eigenvalue weighted by Crippen LogP contribution is 2.27. The Hall–Kier alpha value is -3.59. The van der Waals surface area contributed by atoms with Crippen LogP contribution < -0.4 is 5.56 Å². The fourth-order valence-electron chi connectivity index (χ4n) is 2.62. The van der Waals surface area contributed by atoms with Crippen molar-refractivity contribution in [2.75, 3.05) is 0 Å². The van der Waals surface area contributed by atoms with Gasteiger partial charge in [-0.2, -0.15) is 5.26 Å². The van der Waals surface area contributed by atoms with Gasteiger partial charge in [-0.25, -0.2) is 4.68 Å². The maximum absolute atomic E-state index is 12.8. The molecule has 0 radical (unpaired) electrons. The van der Waals surface area contributed by atoms with E-state index in [9.17, 15) is 9.90 Å². The van der Waals surface area contributed by atoms with Gasteiger partial charge in [0, 0.05) is 11.9 Å². The minimum Gasteiger partial charge on any atom is -0.506 e. The van der Waals surface area contributed by atoms with Gasteiger partial charge in [-0.15, -0.1) is 0 Å². The smallest absolute Gasteiger partial charge is 0.280 e. The molecular weight excluding hydrogens is 328 g/mol. The second-order valence-electron chi connectivity index (χ2n) is 6.14. The van der Waals surface area contributed by atoms with E-state index in [-0.39, 0.29) is 22.9 Å². The van der Waals surface area contributed by atoms with E-state index in [4.69, 9.17) is 5.26 Å². The molecule has 0 spiro atoms. The normalized spacial score (nSPS) is 11.2. The van der Waals surface area contributed by atoms with Crippen LogP contribution in [0.15, 0.2) is 58.3 Å². The Morgan fingerprint density at radius 1 is 1.23 bits per heavy atom. The Bertz CT molecular complexity index is 1050. The van der Waals surface area contributed by atoms with Gasteiger partial charge in [-0.3, -0.25) is 14.9 Å². The van der Waals surface area contributed by atoms with Crippen LogP contribution in [0.2, 0.25) is 0 Å². The molecule has 2 N–H and O–H groups in total. The lowest BCUT2D eigenvalue weighted by Gasteiger charge is -2.03. The van der Waals surface area contributed by atoms with Crippen LogP contribution in [0.1, 0.15) is 36.6 Å². The number of nitriles is 1. The molecule has 0 fully saturated rings. The third kappa shape index (κ3) is 3.28. The van der Waals surface area contributed by atoms with E-state index >= 15 is 0 Å². The largest absolute Gasteiger partial charge is 0.506 e. The molecule has 0 aliphatic carbocycles. The highest BCUT2D eigenvalue weighted by atomic mass is 16.3. The summed E-state index contributed by atoms with van der Waals surface area (Å²) in [6.45, 7) is 3.96. The van der Waals surface area contributed by atoms with Crippen molar-refractivity contribution in [1.82, 2.24) is 9.78 Å². The number of aromatic nitrogens is 2. The number of benzene rings is 2. The van der Waals surface area contributed by atoms with Crippen molar-refractivity contribution in [1.29, 1.82) is 5.26 Å². The number of hydrogen-bond acceptors (Lipinski definition) is 4. The molecule has 2 aromatic carbocycles. The third-order valence-corrected chi connectivity index (χ3v) is 3.98. The minimum absolute atomic E-state index is 0.0507. The maximum Gasteiger partial charge on any atom is 0.280 e. The van der Waals surface area contributed by atoms with Crippen LogP contribution >= 0.6 is 0 Å². The van der Waals surface area contributed by atoms with Crippen molar-refractivity contribution in [3.63, 3.8) is 0 Å². The van der Waals surface area contributed by atoms with Gasteiger partial charge >= 0.3 is 0 Å². The molecule has 1 heterocycles. The van der Waals surface area contributed by atoms with Crippen LogP contribution in [-0.4, -0.2) is 21.1 Å². The third-order valence-electron chi connectivity index (χ3n) is 3.98. The molecule has 1 aromatic heterocycles. The standard InChI is InChI=1S/C20H18N4O2/c1-13(2)19-16(12-22-17-10-14(11-21)8-9-18(17)25)20(26)24(23-19)15-6-4-3-5-7-15/h3-10,12-13,23,25H,1-2H3. The maximum atomic E-state index is 12.8. The van der Waals surface area contributed by atoms with Crippen molar-refractivity contribution in [3.8, 4) is 17.5 Å². The number of nitrogens with zero attached hydrogens (tertiary/aromatic N) is 3. The first-order valence-corrected chi connectivity index (χ1v) is 8.18. The van der Waals surface area contributed by atoms with Crippen molar-refractivity contribution in [2.45, 2.75) is 19.8 Å². The number of hydrogen-bond donors (Lipinski definition) is 2. The molecule has 0 atom stereocenters. The van der Waals surface area contributed by atoms with E-state index < -0.39 is 0 Å². The van der Waals surface area contributed by atoms with Gasteiger partial charge in [0.05, 0.1) is 22.9 Å². The summed E-state index contributed by atoms with van der Waals surface area (Å²) in [5.41, 5.74) is 2.30. The fourth-order valence-corrected chi connectivity index (χ4v) is 2.62. The van der Waals surface area contributed by atoms with Crippen LogP contribution in [0, 0.1) is 11.3 Å². The Morgan fingerprint density at radius 3 is 2.62 bits per heavy atom. The van der Waals surface area contributed by atoms with Crippen LogP contribution in [0.5, 0.6) is 5.75 Å². The summed E-state index contributed by atoms with van der Waals surface area (Å²) in [5, 5.41) is 22.0.